The van der Waals surface area contributed by atoms with Crippen LogP contribution in [0.25, 0.3) is 0 Å². The van der Waals surface area contributed by atoms with Gasteiger partial charge in [-0.1, -0.05) is 0 Å². The van der Waals surface area contributed by atoms with Gasteiger partial charge in [-0.15, -0.1) is 0 Å². The predicted molar refractivity (Wildman–Crippen MR) is 52.8 cm³/mol. The summed E-state index contributed by atoms with van der Waals surface area (Å²) >= 11 is 3.32. The summed E-state index contributed by atoms with van der Waals surface area (Å²) in [6.07, 6.45) is 1.93. The van der Waals surface area contributed by atoms with Crippen molar-refractivity contribution >= 4 is 21.9 Å². The number of aliphatic carboxylic acids is 1. The van der Waals surface area contributed by atoms with E-state index in [2.05, 4.69) is 26.2 Å². The van der Waals surface area contributed by atoms with Gasteiger partial charge in [0, 0.05) is 19.1 Å². The van der Waals surface area contributed by atoms with Gasteiger partial charge in [0.15, 0.2) is 4.73 Å². The summed E-state index contributed by atoms with van der Waals surface area (Å²) in [6, 6.07) is -0.00880. The van der Waals surface area contributed by atoms with Gasteiger partial charge in [0.05, 0.1) is 18.3 Å². The Morgan fingerprint density at radius 1 is 1.86 bits per heavy atom. The van der Waals surface area contributed by atoms with Crippen LogP contribution < -0.4 is 5.32 Å². The minimum Gasteiger partial charge on any atom is -0.481 e. The molecule has 0 saturated carbocycles. The first-order chi connectivity index (χ1) is 6.66. The molecule has 0 spiro atoms. The summed E-state index contributed by atoms with van der Waals surface area (Å²) in [5, 5.41) is 11.8. The molecule has 1 aliphatic heterocycles. The maximum atomic E-state index is 10.5. The first kappa shape index (κ1) is 9.67. The molecule has 6 heteroatoms. The molecule has 14 heavy (non-hydrogen) atoms. The first-order valence-corrected chi connectivity index (χ1v) is 5.11. The highest BCUT2D eigenvalue weighted by Gasteiger charge is 2.21. The van der Waals surface area contributed by atoms with E-state index in [1.54, 1.807) is 6.20 Å². The van der Waals surface area contributed by atoms with Crippen molar-refractivity contribution in [3.8, 4) is 0 Å². The summed E-state index contributed by atoms with van der Waals surface area (Å²) in [4.78, 5) is 14.6. The number of carbonyl (C=O) groups is 1. The molecule has 76 valence electrons. The van der Waals surface area contributed by atoms with E-state index in [4.69, 9.17) is 5.11 Å². The van der Waals surface area contributed by atoms with Gasteiger partial charge in [-0.25, -0.2) is 4.98 Å². The molecule has 0 bridgehead atoms. The second kappa shape index (κ2) is 3.70. The lowest BCUT2D eigenvalue weighted by molar-refractivity contribution is -0.137. The predicted octanol–water partition coefficient (Wildman–Crippen LogP) is 0.592. The number of imidazole rings is 1. The van der Waals surface area contributed by atoms with Crippen molar-refractivity contribution in [1.29, 1.82) is 0 Å². The number of carboxylic acids is 1. The van der Waals surface area contributed by atoms with E-state index < -0.39 is 5.97 Å². The Balaban J connectivity index is 2.12. The van der Waals surface area contributed by atoms with Crippen LogP contribution in [-0.2, 0) is 17.9 Å². The molecule has 1 atom stereocenters. The summed E-state index contributed by atoms with van der Waals surface area (Å²) in [6.45, 7) is 1.33. The second-order valence-corrected chi connectivity index (χ2v) is 4.01. The standard InChI is InChI=1S/C8H10BrN3O2/c9-8-11-3-6-2-10-5(1-7(13)14)4-12(6)8/h3,5,10H,1-2,4H2,(H,13,14). The quantitative estimate of drug-likeness (QED) is 0.816. The second-order valence-electron chi connectivity index (χ2n) is 3.30. The van der Waals surface area contributed by atoms with Gasteiger partial charge in [0.1, 0.15) is 0 Å². The third kappa shape index (κ3) is 1.80. The lowest BCUT2D eigenvalue weighted by Crippen LogP contribution is -2.40. The zero-order valence-corrected chi connectivity index (χ0v) is 8.99. The van der Waals surface area contributed by atoms with Gasteiger partial charge in [-0.05, 0) is 15.9 Å². The molecule has 5 nitrogen and oxygen atoms in total. The summed E-state index contributed by atoms with van der Waals surface area (Å²) in [5.41, 5.74) is 1.08. The van der Waals surface area contributed by atoms with Crippen LogP contribution in [0.2, 0.25) is 0 Å². The molecule has 1 aromatic heterocycles. The van der Waals surface area contributed by atoms with Crippen molar-refractivity contribution in [3.63, 3.8) is 0 Å². The summed E-state index contributed by atoms with van der Waals surface area (Å²) < 4.78 is 2.76. The molecule has 2 N–H and O–H groups in total. The summed E-state index contributed by atoms with van der Waals surface area (Å²) in [5.74, 6) is -0.776. The fourth-order valence-corrected chi connectivity index (χ4v) is 2.08. The highest BCUT2D eigenvalue weighted by Crippen LogP contribution is 2.17. The van der Waals surface area contributed by atoms with Crippen LogP contribution in [0.15, 0.2) is 10.9 Å². The smallest absolute Gasteiger partial charge is 0.304 e. The van der Waals surface area contributed by atoms with Crippen LogP contribution in [0.5, 0.6) is 0 Å². The Morgan fingerprint density at radius 3 is 3.36 bits per heavy atom. The van der Waals surface area contributed by atoms with Gasteiger partial charge >= 0.3 is 5.97 Å². The molecule has 1 aromatic rings. The molecule has 0 aromatic carbocycles. The van der Waals surface area contributed by atoms with E-state index in [9.17, 15) is 4.79 Å². The molecule has 0 aliphatic carbocycles. The molecule has 2 rings (SSSR count). The molecular formula is C8H10BrN3O2. The van der Waals surface area contributed by atoms with E-state index in [0.717, 1.165) is 10.4 Å². The van der Waals surface area contributed by atoms with Gasteiger partial charge in [0.25, 0.3) is 0 Å². The highest BCUT2D eigenvalue weighted by molar-refractivity contribution is 9.10. The molecular weight excluding hydrogens is 250 g/mol. The van der Waals surface area contributed by atoms with E-state index in [0.29, 0.717) is 13.1 Å². The van der Waals surface area contributed by atoms with E-state index in [1.807, 2.05) is 4.57 Å². The monoisotopic (exact) mass is 259 g/mol. The number of aromatic nitrogens is 2. The lowest BCUT2D eigenvalue weighted by atomic mass is 10.1. The summed E-state index contributed by atoms with van der Waals surface area (Å²) in [7, 11) is 0. The molecule has 0 saturated heterocycles. The Kier molecular flexibility index (Phi) is 2.56. The topological polar surface area (TPSA) is 67.1 Å². The minimum atomic E-state index is -0.776. The molecule has 1 aliphatic rings. The molecule has 0 radical (unpaired) electrons. The maximum Gasteiger partial charge on any atom is 0.304 e. The Labute approximate surface area is 89.3 Å². The van der Waals surface area contributed by atoms with Crippen LogP contribution in [0.4, 0.5) is 0 Å². The Hall–Kier alpha value is -0.880. The van der Waals surface area contributed by atoms with Crippen LogP contribution in [0.3, 0.4) is 0 Å². The van der Waals surface area contributed by atoms with Crippen LogP contribution in [0, 0.1) is 0 Å². The third-order valence-corrected chi connectivity index (χ3v) is 2.92. The minimum absolute atomic E-state index is 0.00880. The largest absolute Gasteiger partial charge is 0.481 e. The third-order valence-electron chi connectivity index (χ3n) is 2.29. The van der Waals surface area contributed by atoms with Gasteiger partial charge < -0.3 is 15.0 Å². The molecule has 0 amide bonds. The van der Waals surface area contributed by atoms with E-state index in [-0.39, 0.29) is 12.5 Å². The average molecular weight is 260 g/mol. The first-order valence-electron chi connectivity index (χ1n) is 4.32. The van der Waals surface area contributed by atoms with Crippen molar-refractivity contribution < 1.29 is 9.90 Å². The number of nitrogens with one attached hydrogen (secondary N) is 1. The number of carboxylic acid groups (broad SMARTS) is 1. The number of hydrogen-bond donors (Lipinski definition) is 2. The number of halogens is 1. The SMILES string of the molecule is O=C(O)CC1Cn2c(cnc2Br)CN1. The Morgan fingerprint density at radius 2 is 2.64 bits per heavy atom. The van der Waals surface area contributed by atoms with Crippen molar-refractivity contribution in [2.24, 2.45) is 0 Å². The molecule has 0 fully saturated rings. The molecule has 2 heterocycles. The maximum absolute atomic E-state index is 10.5. The fourth-order valence-electron chi connectivity index (χ4n) is 1.60. The van der Waals surface area contributed by atoms with Crippen molar-refractivity contribution in [3.05, 3.63) is 16.6 Å². The van der Waals surface area contributed by atoms with E-state index >= 15 is 0 Å². The normalized spacial score (nSPS) is 20.5. The fraction of sp³-hybridized carbons (Fsp3) is 0.500. The lowest BCUT2D eigenvalue weighted by Gasteiger charge is -2.24. The molecule has 1 unspecified atom stereocenters. The zero-order valence-electron chi connectivity index (χ0n) is 7.40. The van der Waals surface area contributed by atoms with Crippen molar-refractivity contribution in [1.82, 2.24) is 14.9 Å². The Bertz CT molecular complexity index is 363. The van der Waals surface area contributed by atoms with Gasteiger partial charge in [-0.2, -0.15) is 0 Å². The van der Waals surface area contributed by atoms with Gasteiger partial charge in [-0.3, -0.25) is 4.79 Å². The number of nitrogens with zero attached hydrogens (tertiary/aromatic N) is 2. The van der Waals surface area contributed by atoms with Crippen molar-refractivity contribution in [2.75, 3.05) is 0 Å². The van der Waals surface area contributed by atoms with Crippen LogP contribution >= 0.6 is 15.9 Å². The average Bonchev–Trinajstić information content (AvgIpc) is 2.47. The van der Waals surface area contributed by atoms with Crippen LogP contribution in [-0.4, -0.2) is 26.7 Å². The van der Waals surface area contributed by atoms with E-state index in [1.165, 1.54) is 0 Å². The number of fused-ring (bicyclic) bond motifs is 1. The number of rotatable bonds is 2. The van der Waals surface area contributed by atoms with Crippen LogP contribution in [0.1, 0.15) is 12.1 Å². The zero-order chi connectivity index (χ0) is 10.1. The highest BCUT2D eigenvalue weighted by atomic mass is 79.9. The number of hydrogen-bond acceptors (Lipinski definition) is 3. The van der Waals surface area contributed by atoms with Crippen molar-refractivity contribution in [2.45, 2.75) is 25.6 Å². The van der Waals surface area contributed by atoms with Gasteiger partial charge in [0.2, 0.25) is 0 Å².